The Morgan fingerprint density at radius 3 is 2.30 bits per heavy atom. The molecule has 1 heterocycles. The van der Waals surface area contributed by atoms with Crippen molar-refractivity contribution in [1.82, 2.24) is 9.97 Å². The molecule has 0 aliphatic rings. The highest BCUT2D eigenvalue weighted by atomic mass is 32.2. The lowest BCUT2D eigenvalue weighted by Gasteiger charge is -2.23. The summed E-state index contributed by atoms with van der Waals surface area (Å²) in [6.07, 6.45) is 0.974. The van der Waals surface area contributed by atoms with E-state index in [9.17, 15) is 8.42 Å². The summed E-state index contributed by atoms with van der Waals surface area (Å²) < 4.78 is 28.8. The van der Waals surface area contributed by atoms with Gasteiger partial charge < -0.3 is 4.98 Å². The highest BCUT2D eigenvalue weighted by Crippen LogP contribution is 2.31. The lowest BCUT2D eigenvalue weighted by atomic mass is 9.82. The zero-order valence-corrected chi connectivity index (χ0v) is 18.1. The Morgan fingerprint density at radius 1 is 0.933 bits per heavy atom. The van der Waals surface area contributed by atoms with Crippen molar-refractivity contribution in [2.75, 3.05) is 4.72 Å². The SMILES string of the molecule is CCC(C)(C)c1ccc(S(=O)(=O)Nc2ccccc2-c2nc3ccccc3[nH]2)cc1. The number of aromatic nitrogens is 2. The molecule has 6 heteroatoms. The van der Waals surface area contributed by atoms with Gasteiger partial charge in [0.2, 0.25) is 0 Å². The minimum absolute atomic E-state index is 0.00358. The van der Waals surface area contributed by atoms with Crippen molar-refractivity contribution in [3.8, 4) is 11.4 Å². The van der Waals surface area contributed by atoms with E-state index in [2.05, 4.69) is 35.5 Å². The molecule has 0 amide bonds. The van der Waals surface area contributed by atoms with Gasteiger partial charge in [-0.1, -0.05) is 57.2 Å². The number of H-pyrrole nitrogens is 1. The number of hydrogen-bond donors (Lipinski definition) is 2. The summed E-state index contributed by atoms with van der Waals surface area (Å²) in [5.74, 6) is 0.620. The molecule has 0 spiro atoms. The first-order valence-corrected chi connectivity index (χ1v) is 11.5. The molecule has 0 radical (unpaired) electrons. The van der Waals surface area contributed by atoms with Gasteiger partial charge in [-0.3, -0.25) is 4.72 Å². The van der Waals surface area contributed by atoms with E-state index in [4.69, 9.17) is 0 Å². The molecule has 0 atom stereocenters. The fourth-order valence-corrected chi connectivity index (χ4v) is 4.43. The number of sulfonamides is 1. The molecule has 1 aromatic heterocycles. The van der Waals surface area contributed by atoms with Crippen LogP contribution in [0.1, 0.15) is 32.8 Å². The Bertz CT molecular complexity index is 1260. The molecule has 4 aromatic rings. The molecule has 0 unspecified atom stereocenters. The van der Waals surface area contributed by atoms with Gasteiger partial charge in [-0.15, -0.1) is 0 Å². The van der Waals surface area contributed by atoms with Crippen molar-refractivity contribution in [2.24, 2.45) is 0 Å². The van der Waals surface area contributed by atoms with Gasteiger partial charge in [0, 0.05) is 5.56 Å². The van der Waals surface area contributed by atoms with Crippen LogP contribution in [-0.2, 0) is 15.4 Å². The quantitative estimate of drug-likeness (QED) is 0.420. The highest BCUT2D eigenvalue weighted by Gasteiger charge is 2.21. The second-order valence-electron chi connectivity index (χ2n) is 8.02. The minimum Gasteiger partial charge on any atom is -0.338 e. The summed E-state index contributed by atoms with van der Waals surface area (Å²) in [4.78, 5) is 8.10. The lowest BCUT2D eigenvalue weighted by Crippen LogP contribution is -2.17. The van der Waals surface area contributed by atoms with Gasteiger partial charge in [0.05, 0.1) is 21.6 Å². The third kappa shape index (κ3) is 3.83. The minimum atomic E-state index is -3.73. The normalized spacial score (nSPS) is 12.2. The topological polar surface area (TPSA) is 74.8 Å². The fourth-order valence-electron chi connectivity index (χ4n) is 3.35. The largest absolute Gasteiger partial charge is 0.338 e. The zero-order valence-electron chi connectivity index (χ0n) is 17.3. The van der Waals surface area contributed by atoms with Crippen molar-refractivity contribution < 1.29 is 8.42 Å². The van der Waals surface area contributed by atoms with Crippen LogP contribution in [0.2, 0.25) is 0 Å². The summed E-state index contributed by atoms with van der Waals surface area (Å²) in [5.41, 5.74) is 4.03. The Hall–Kier alpha value is -3.12. The van der Waals surface area contributed by atoms with Gasteiger partial charge in [-0.25, -0.2) is 13.4 Å². The number of para-hydroxylation sites is 3. The van der Waals surface area contributed by atoms with Crippen LogP contribution in [0.3, 0.4) is 0 Å². The maximum Gasteiger partial charge on any atom is 0.261 e. The van der Waals surface area contributed by atoms with E-state index < -0.39 is 10.0 Å². The zero-order chi connectivity index (χ0) is 21.4. The van der Waals surface area contributed by atoms with Crippen LogP contribution in [0.15, 0.2) is 77.7 Å². The van der Waals surface area contributed by atoms with Crippen LogP contribution < -0.4 is 4.72 Å². The van der Waals surface area contributed by atoms with E-state index in [1.165, 1.54) is 0 Å². The van der Waals surface area contributed by atoms with Crippen molar-refractivity contribution in [3.63, 3.8) is 0 Å². The van der Waals surface area contributed by atoms with Crippen LogP contribution >= 0.6 is 0 Å². The van der Waals surface area contributed by atoms with Crippen LogP contribution in [0, 0.1) is 0 Å². The Labute approximate surface area is 177 Å². The monoisotopic (exact) mass is 419 g/mol. The van der Waals surface area contributed by atoms with Crippen molar-refractivity contribution >= 4 is 26.7 Å². The number of benzene rings is 3. The summed E-state index contributed by atoms with van der Waals surface area (Å²) >= 11 is 0. The summed E-state index contributed by atoms with van der Waals surface area (Å²) in [7, 11) is -3.73. The predicted molar refractivity (Wildman–Crippen MR) is 122 cm³/mol. The molecule has 5 nitrogen and oxygen atoms in total. The van der Waals surface area contributed by atoms with Crippen molar-refractivity contribution in [2.45, 2.75) is 37.5 Å². The highest BCUT2D eigenvalue weighted by molar-refractivity contribution is 7.92. The number of aromatic amines is 1. The number of anilines is 1. The first-order chi connectivity index (χ1) is 14.3. The van der Waals surface area contributed by atoms with E-state index >= 15 is 0 Å². The Kier molecular flexibility index (Phi) is 5.12. The van der Waals surface area contributed by atoms with E-state index in [1.54, 1.807) is 24.3 Å². The van der Waals surface area contributed by atoms with Gasteiger partial charge in [0.1, 0.15) is 5.82 Å². The second kappa shape index (κ2) is 7.61. The third-order valence-corrected chi connectivity index (χ3v) is 7.03. The van der Waals surface area contributed by atoms with Gasteiger partial charge in [-0.05, 0) is 53.8 Å². The third-order valence-electron chi connectivity index (χ3n) is 5.65. The maximum absolute atomic E-state index is 13.0. The van der Waals surface area contributed by atoms with Gasteiger partial charge in [-0.2, -0.15) is 0 Å². The fraction of sp³-hybridized carbons (Fsp3) is 0.208. The molecule has 3 aromatic carbocycles. The molecule has 4 rings (SSSR count). The van der Waals surface area contributed by atoms with E-state index in [0.29, 0.717) is 17.1 Å². The van der Waals surface area contributed by atoms with Crippen molar-refractivity contribution in [1.29, 1.82) is 0 Å². The molecule has 0 fully saturated rings. The van der Waals surface area contributed by atoms with E-state index in [-0.39, 0.29) is 10.3 Å². The van der Waals surface area contributed by atoms with E-state index in [1.807, 2.05) is 48.5 Å². The van der Waals surface area contributed by atoms with Crippen LogP contribution in [-0.4, -0.2) is 18.4 Å². The van der Waals surface area contributed by atoms with Crippen LogP contribution in [0.5, 0.6) is 0 Å². The first kappa shape index (κ1) is 20.2. The molecule has 0 bridgehead atoms. The number of rotatable bonds is 6. The van der Waals surface area contributed by atoms with Gasteiger partial charge in [0.25, 0.3) is 10.0 Å². The van der Waals surface area contributed by atoms with Gasteiger partial charge in [0.15, 0.2) is 0 Å². The maximum atomic E-state index is 13.0. The van der Waals surface area contributed by atoms with Crippen molar-refractivity contribution in [3.05, 3.63) is 78.4 Å². The molecule has 2 N–H and O–H groups in total. The molecular formula is C24H25N3O2S. The number of hydrogen-bond acceptors (Lipinski definition) is 3. The second-order valence-corrected chi connectivity index (χ2v) is 9.70. The standard InChI is InChI=1S/C24H25N3O2S/c1-4-24(2,3)17-13-15-18(16-14-17)30(28,29)27-20-10-6-5-9-19(20)23-25-21-11-7-8-12-22(21)26-23/h5-16,27H,4H2,1-3H3,(H,25,26). The summed E-state index contributed by atoms with van der Waals surface area (Å²) in [6, 6.07) is 22.1. The molecule has 0 saturated carbocycles. The Balaban J connectivity index is 1.67. The average molecular weight is 420 g/mol. The summed E-state index contributed by atoms with van der Waals surface area (Å²) in [5, 5.41) is 0. The number of nitrogens with zero attached hydrogens (tertiary/aromatic N) is 1. The van der Waals surface area contributed by atoms with Crippen LogP contribution in [0.4, 0.5) is 5.69 Å². The molecule has 0 aliphatic carbocycles. The lowest BCUT2D eigenvalue weighted by molar-refractivity contribution is 0.506. The number of fused-ring (bicyclic) bond motifs is 1. The molecule has 0 saturated heterocycles. The summed E-state index contributed by atoms with van der Waals surface area (Å²) in [6.45, 7) is 6.43. The number of nitrogens with one attached hydrogen (secondary N) is 2. The number of imidazole rings is 1. The molecule has 30 heavy (non-hydrogen) atoms. The first-order valence-electron chi connectivity index (χ1n) is 9.98. The van der Waals surface area contributed by atoms with Gasteiger partial charge >= 0.3 is 0 Å². The van der Waals surface area contributed by atoms with Crippen LogP contribution in [0.25, 0.3) is 22.4 Å². The predicted octanol–water partition coefficient (Wildman–Crippen LogP) is 5.72. The Morgan fingerprint density at radius 2 is 1.60 bits per heavy atom. The molecule has 154 valence electrons. The molecular weight excluding hydrogens is 394 g/mol. The van der Waals surface area contributed by atoms with E-state index in [0.717, 1.165) is 23.0 Å². The average Bonchev–Trinajstić information content (AvgIpc) is 3.18. The smallest absolute Gasteiger partial charge is 0.261 e. The molecule has 0 aliphatic heterocycles.